The van der Waals surface area contributed by atoms with Crippen molar-refractivity contribution in [3.05, 3.63) is 12.4 Å². The largest absolute Gasteiger partial charge is 0.468 e. The van der Waals surface area contributed by atoms with Crippen LogP contribution in [0.3, 0.4) is 0 Å². The van der Waals surface area contributed by atoms with Crippen LogP contribution in [0.25, 0.3) is 0 Å². The molecule has 0 aliphatic carbocycles. The van der Waals surface area contributed by atoms with Gasteiger partial charge in [0.25, 0.3) is 0 Å². The van der Waals surface area contributed by atoms with E-state index in [0.29, 0.717) is 5.82 Å². The number of hydrogen-bond acceptors (Lipinski definition) is 6. The van der Waals surface area contributed by atoms with Crippen molar-refractivity contribution in [3.8, 4) is 0 Å². The molecule has 1 rings (SSSR count). The first kappa shape index (κ1) is 12.2. The number of ether oxygens (including phenoxy) is 1. The first-order valence-corrected chi connectivity index (χ1v) is 5.01. The van der Waals surface area contributed by atoms with E-state index in [-0.39, 0.29) is 12.5 Å². The number of hydrogen-bond donors (Lipinski definition) is 1. The average molecular weight is 224 g/mol. The molecule has 0 amide bonds. The predicted octanol–water partition coefficient (Wildman–Crippen LogP) is 0.518. The first-order valence-electron chi connectivity index (χ1n) is 5.01. The van der Waals surface area contributed by atoms with Gasteiger partial charge >= 0.3 is 5.97 Å². The third kappa shape index (κ3) is 3.38. The van der Waals surface area contributed by atoms with Crippen LogP contribution >= 0.6 is 0 Å². The summed E-state index contributed by atoms with van der Waals surface area (Å²) in [6, 6.07) is 1.78. The third-order valence-electron chi connectivity index (χ3n) is 2.16. The highest BCUT2D eigenvalue weighted by atomic mass is 16.5. The van der Waals surface area contributed by atoms with Gasteiger partial charge in [-0.3, -0.25) is 4.79 Å². The number of carbonyl (C=O) groups excluding carboxylic acids is 1. The third-order valence-corrected chi connectivity index (χ3v) is 2.16. The Morgan fingerprint density at radius 3 is 2.94 bits per heavy atom. The second-order valence-electron chi connectivity index (χ2n) is 3.21. The molecule has 16 heavy (non-hydrogen) atoms. The zero-order valence-electron chi connectivity index (χ0n) is 9.73. The van der Waals surface area contributed by atoms with Crippen LogP contribution in [0.15, 0.2) is 12.4 Å². The van der Waals surface area contributed by atoms with E-state index in [4.69, 9.17) is 0 Å². The molecule has 88 valence electrons. The maximum absolute atomic E-state index is 10.9. The Balaban J connectivity index is 2.64. The van der Waals surface area contributed by atoms with Crippen LogP contribution in [0.1, 0.15) is 6.92 Å². The maximum atomic E-state index is 10.9. The summed E-state index contributed by atoms with van der Waals surface area (Å²) in [4.78, 5) is 21.0. The van der Waals surface area contributed by atoms with Gasteiger partial charge in [0.05, 0.1) is 7.11 Å². The fraction of sp³-hybridized carbons (Fsp3) is 0.500. The van der Waals surface area contributed by atoms with E-state index >= 15 is 0 Å². The predicted molar refractivity (Wildman–Crippen MR) is 61.5 cm³/mol. The van der Waals surface area contributed by atoms with Crippen molar-refractivity contribution in [1.29, 1.82) is 0 Å². The molecule has 0 saturated carbocycles. The molecule has 0 aliphatic heterocycles. The number of aromatic nitrogens is 2. The van der Waals surface area contributed by atoms with Crippen LogP contribution in [-0.2, 0) is 9.53 Å². The fourth-order valence-electron chi connectivity index (χ4n) is 1.05. The Labute approximate surface area is 94.6 Å². The lowest BCUT2D eigenvalue weighted by molar-refractivity contribution is -0.138. The van der Waals surface area contributed by atoms with Gasteiger partial charge in [-0.05, 0) is 6.92 Å². The molecule has 0 atom stereocenters. The van der Waals surface area contributed by atoms with Crippen LogP contribution in [-0.4, -0.2) is 43.2 Å². The molecule has 0 aliphatic rings. The summed E-state index contributed by atoms with van der Waals surface area (Å²) in [6.07, 6.45) is 1.46. The van der Waals surface area contributed by atoms with Crippen molar-refractivity contribution in [1.82, 2.24) is 9.97 Å². The summed E-state index contributed by atoms with van der Waals surface area (Å²) in [5.41, 5.74) is 0. The van der Waals surface area contributed by atoms with Gasteiger partial charge in [0.2, 0.25) is 0 Å². The molecule has 1 aromatic rings. The number of rotatable bonds is 5. The molecular formula is C10H16N4O2. The highest BCUT2D eigenvalue weighted by Gasteiger charge is 2.04. The second-order valence-corrected chi connectivity index (χ2v) is 3.21. The lowest BCUT2D eigenvalue weighted by Crippen LogP contribution is -2.19. The summed E-state index contributed by atoms with van der Waals surface area (Å²) in [6.45, 7) is 2.99. The van der Waals surface area contributed by atoms with E-state index in [1.54, 1.807) is 6.07 Å². The lowest BCUT2D eigenvalue weighted by Gasteiger charge is -2.15. The van der Waals surface area contributed by atoms with Crippen molar-refractivity contribution >= 4 is 17.6 Å². The smallest absolute Gasteiger partial charge is 0.325 e. The van der Waals surface area contributed by atoms with E-state index in [9.17, 15) is 4.79 Å². The summed E-state index contributed by atoms with van der Waals surface area (Å²) >= 11 is 0. The Morgan fingerprint density at radius 2 is 2.31 bits per heavy atom. The summed E-state index contributed by atoms with van der Waals surface area (Å²) in [7, 11) is 3.28. The summed E-state index contributed by atoms with van der Waals surface area (Å²) in [5.74, 6) is 1.09. The van der Waals surface area contributed by atoms with Crippen molar-refractivity contribution < 1.29 is 9.53 Å². The van der Waals surface area contributed by atoms with Crippen molar-refractivity contribution in [2.24, 2.45) is 0 Å². The SMILES string of the molecule is CCN(C)c1cc(NCC(=O)OC)ncn1. The van der Waals surface area contributed by atoms with Gasteiger partial charge in [-0.2, -0.15) is 0 Å². The molecule has 0 fully saturated rings. The van der Waals surface area contributed by atoms with Gasteiger partial charge in [0, 0.05) is 19.7 Å². The molecule has 1 aromatic heterocycles. The topological polar surface area (TPSA) is 67.4 Å². The minimum atomic E-state index is -0.330. The molecule has 6 nitrogen and oxygen atoms in total. The monoisotopic (exact) mass is 224 g/mol. The molecule has 0 saturated heterocycles. The van der Waals surface area contributed by atoms with Crippen LogP contribution in [0.2, 0.25) is 0 Å². The zero-order chi connectivity index (χ0) is 12.0. The number of nitrogens with one attached hydrogen (secondary N) is 1. The van der Waals surface area contributed by atoms with Crippen LogP contribution in [0.5, 0.6) is 0 Å². The normalized spacial score (nSPS) is 9.69. The minimum Gasteiger partial charge on any atom is -0.468 e. The molecule has 0 unspecified atom stereocenters. The van der Waals surface area contributed by atoms with Gasteiger partial charge in [-0.1, -0.05) is 0 Å². The van der Waals surface area contributed by atoms with E-state index in [1.807, 2.05) is 18.9 Å². The van der Waals surface area contributed by atoms with Crippen molar-refractivity contribution in [3.63, 3.8) is 0 Å². The Bertz CT molecular complexity index is 356. The van der Waals surface area contributed by atoms with Crippen molar-refractivity contribution in [2.45, 2.75) is 6.92 Å². The number of methoxy groups -OCH3 is 1. The highest BCUT2D eigenvalue weighted by Crippen LogP contribution is 2.11. The molecule has 0 bridgehead atoms. The summed E-state index contributed by atoms with van der Waals surface area (Å²) in [5, 5.41) is 2.86. The van der Waals surface area contributed by atoms with Gasteiger partial charge < -0.3 is 15.0 Å². The van der Waals surface area contributed by atoms with E-state index in [1.165, 1.54) is 13.4 Å². The fourth-order valence-corrected chi connectivity index (χ4v) is 1.05. The molecule has 1 N–H and O–H groups in total. The lowest BCUT2D eigenvalue weighted by atomic mass is 10.4. The Hall–Kier alpha value is -1.85. The average Bonchev–Trinajstić information content (AvgIpc) is 2.35. The van der Waals surface area contributed by atoms with Crippen LogP contribution < -0.4 is 10.2 Å². The molecule has 0 spiro atoms. The van der Waals surface area contributed by atoms with E-state index in [0.717, 1.165) is 12.4 Å². The quantitative estimate of drug-likeness (QED) is 0.735. The number of carbonyl (C=O) groups is 1. The number of esters is 1. The first-order chi connectivity index (χ1) is 7.67. The van der Waals surface area contributed by atoms with E-state index in [2.05, 4.69) is 20.0 Å². The maximum Gasteiger partial charge on any atom is 0.325 e. The minimum absolute atomic E-state index is 0.1000. The zero-order valence-corrected chi connectivity index (χ0v) is 9.73. The summed E-state index contributed by atoms with van der Waals surface area (Å²) < 4.78 is 4.52. The molecule has 6 heteroatoms. The van der Waals surface area contributed by atoms with Crippen molar-refractivity contribution in [2.75, 3.05) is 37.5 Å². The van der Waals surface area contributed by atoms with Crippen LogP contribution in [0.4, 0.5) is 11.6 Å². The number of anilines is 2. The van der Waals surface area contributed by atoms with Crippen LogP contribution in [0, 0.1) is 0 Å². The molecular weight excluding hydrogens is 208 g/mol. The second kappa shape index (κ2) is 5.89. The molecule has 1 heterocycles. The molecule has 0 radical (unpaired) electrons. The van der Waals surface area contributed by atoms with Gasteiger partial charge in [0.15, 0.2) is 0 Å². The molecule has 0 aromatic carbocycles. The van der Waals surface area contributed by atoms with Gasteiger partial charge in [0.1, 0.15) is 24.5 Å². The van der Waals surface area contributed by atoms with E-state index < -0.39 is 0 Å². The van der Waals surface area contributed by atoms with Gasteiger partial charge in [-0.25, -0.2) is 9.97 Å². The van der Waals surface area contributed by atoms with Gasteiger partial charge in [-0.15, -0.1) is 0 Å². The highest BCUT2D eigenvalue weighted by molar-refractivity contribution is 5.74. The Morgan fingerprint density at radius 1 is 1.56 bits per heavy atom. The number of nitrogens with zero attached hydrogens (tertiary/aromatic N) is 3. The Kier molecular flexibility index (Phi) is 4.50. The standard InChI is InChI=1S/C10H16N4O2/c1-4-14(2)9-5-8(12-7-13-9)11-6-10(15)16-3/h5,7H,4,6H2,1-3H3,(H,11,12,13).